The molecular formula is C14H22N4O3. The number of nitrogens with one attached hydrogen (secondary N) is 1. The first-order valence-corrected chi connectivity index (χ1v) is 7.34. The minimum absolute atomic E-state index is 0.0879. The Kier molecular flexibility index (Phi) is 5.32. The van der Waals surface area contributed by atoms with E-state index in [-0.39, 0.29) is 11.6 Å². The van der Waals surface area contributed by atoms with Gasteiger partial charge in [0.05, 0.1) is 4.92 Å². The molecule has 0 aromatic carbocycles. The van der Waals surface area contributed by atoms with E-state index in [4.69, 9.17) is 4.74 Å². The summed E-state index contributed by atoms with van der Waals surface area (Å²) in [6.07, 6.45) is 3.42. The highest BCUT2D eigenvalue weighted by Crippen LogP contribution is 2.27. The lowest BCUT2D eigenvalue weighted by atomic mass is 10.0. The Morgan fingerprint density at radius 1 is 1.52 bits per heavy atom. The van der Waals surface area contributed by atoms with Crippen molar-refractivity contribution in [3.05, 3.63) is 22.2 Å². The summed E-state index contributed by atoms with van der Waals surface area (Å²) >= 11 is 0. The zero-order valence-corrected chi connectivity index (χ0v) is 12.5. The van der Waals surface area contributed by atoms with Crippen LogP contribution in [-0.4, -0.2) is 47.6 Å². The fraction of sp³-hybridized carbons (Fsp3) is 0.643. The second kappa shape index (κ2) is 7.21. The van der Waals surface area contributed by atoms with Crippen molar-refractivity contribution in [1.29, 1.82) is 0 Å². The molecule has 1 aliphatic rings. The van der Waals surface area contributed by atoms with Gasteiger partial charge >= 0.3 is 5.69 Å². The Hall–Kier alpha value is -1.89. The van der Waals surface area contributed by atoms with Gasteiger partial charge in [-0.3, -0.25) is 10.1 Å². The summed E-state index contributed by atoms with van der Waals surface area (Å²) in [7, 11) is 2.06. The zero-order valence-electron chi connectivity index (χ0n) is 12.5. The van der Waals surface area contributed by atoms with Gasteiger partial charge in [0.15, 0.2) is 0 Å². The highest BCUT2D eigenvalue weighted by Gasteiger charge is 2.23. The lowest BCUT2D eigenvalue weighted by Crippen LogP contribution is -2.40. The third-order valence-corrected chi connectivity index (χ3v) is 3.73. The SMILES string of the molecule is CCNc1ccc([N+](=O)[O-])c(OCC2CCCCN2C)n1. The molecule has 1 atom stereocenters. The van der Waals surface area contributed by atoms with Gasteiger partial charge in [-0.1, -0.05) is 6.42 Å². The molecule has 1 aromatic rings. The molecule has 0 aliphatic carbocycles. The molecule has 1 unspecified atom stereocenters. The minimum Gasteiger partial charge on any atom is -0.471 e. The van der Waals surface area contributed by atoms with Gasteiger partial charge in [-0.05, 0) is 39.4 Å². The predicted molar refractivity (Wildman–Crippen MR) is 80.8 cm³/mol. The van der Waals surface area contributed by atoms with Crippen LogP contribution in [0.5, 0.6) is 5.88 Å². The summed E-state index contributed by atoms with van der Waals surface area (Å²) in [4.78, 5) is 17.0. The molecular weight excluding hydrogens is 272 g/mol. The molecule has 2 rings (SSSR count). The maximum Gasteiger partial charge on any atom is 0.331 e. The average molecular weight is 294 g/mol. The van der Waals surface area contributed by atoms with E-state index in [1.165, 1.54) is 18.9 Å². The van der Waals surface area contributed by atoms with E-state index in [2.05, 4.69) is 22.2 Å². The Balaban J connectivity index is 2.09. The van der Waals surface area contributed by atoms with Crippen molar-refractivity contribution >= 4 is 11.5 Å². The van der Waals surface area contributed by atoms with Crippen LogP contribution >= 0.6 is 0 Å². The van der Waals surface area contributed by atoms with Gasteiger partial charge in [-0.15, -0.1) is 0 Å². The Bertz CT molecular complexity index is 495. The summed E-state index contributed by atoms with van der Waals surface area (Å²) in [5.74, 6) is 0.688. The largest absolute Gasteiger partial charge is 0.471 e. The summed E-state index contributed by atoms with van der Waals surface area (Å²) in [6, 6.07) is 3.33. The van der Waals surface area contributed by atoms with Crippen LogP contribution in [0, 0.1) is 10.1 Å². The molecule has 0 spiro atoms. The van der Waals surface area contributed by atoms with Gasteiger partial charge in [-0.25, -0.2) is 0 Å². The Morgan fingerprint density at radius 2 is 2.33 bits per heavy atom. The van der Waals surface area contributed by atoms with Crippen LogP contribution in [0.15, 0.2) is 12.1 Å². The number of hydrogen-bond acceptors (Lipinski definition) is 6. The van der Waals surface area contributed by atoms with Crippen LogP contribution < -0.4 is 10.1 Å². The van der Waals surface area contributed by atoms with Gasteiger partial charge < -0.3 is 15.0 Å². The molecule has 1 aromatic heterocycles. The van der Waals surface area contributed by atoms with Gasteiger partial charge in [0, 0.05) is 18.7 Å². The molecule has 1 N–H and O–H groups in total. The van der Waals surface area contributed by atoms with Crippen LogP contribution in [0.4, 0.5) is 11.5 Å². The van der Waals surface area contributed by atoms with Gasteiger partial charge in [-0.2, -0.15) is 4.98 Å². The third kappa shape index (κ3) is 4.04. The molecule has 1 aliphatic heterocycles. The molecule has 0 amide bonds. The smallest absolute Gasteiger partial charge is 0.331 e. The van der Waals surface area contributed by atoms with E-state index in [1.54, 1.807) is 6.07 Å². The van der Waals surface area contributed by atoms with Crippen molar-refractivity contribution in [2.24, 2.45) is 0 Å². The standard InChI is InChI=1S/C14H22N4O3/c1-3-15-13-8-7-12(18(19)20)14(16-13)21-10-11-6-4-5-9-17(11)2/h7-8,11H,3-6,9-10H2,1-2H3,(H,15,16). The predicted octanol–water partition coefficient (Wildman–Crippen LogP) is 2.28. The fourth-order valence-electron chi connectivity index (χ4n) is 2.49. The van der Waals surface area contributed by atoms with Crippen LogP contribution in [0.1, 0.15) is 26.2 Å². The van der Waals surface area contributed by atoms with Gasteiger partial charge in [0.25, 0.3) is 5.88 Å². The summed E-state index contributed by atoms with van der Waals surface area (Å²) < 4.78 is 5.66. The molecule has 116 valence electrons. The summed E-state index contributed by atoms with van der Waals surface area (Å²) in [5.41, 5.74) is -0.0879. The number of likely N-dealkylation sites (N-methyl/N-ethyl adjacent to an activating group) is 1. The average Bonchev–Trinajstić information content (AvgIpc) is 2.46. The maximum absolute atomic E-state index is 11.1. The second-order valence-electron chi connectivity index (χ2n) is 5.25. The van der Waals surface area contributed by atoms with E-state index in [9.17, 15) is 10.1 Å². The molecule has 1 fully saturated rings. The minimum atomic E-state index is -0.456. The number of rotatable bonds is 6. The first kappa shape index (κ1) is 15.5. The topological polar surface area (TPSA) is 80.5 Å². The van der Waals surface area contributed by atoms with E-state index < -0.39 is 4.92 Å². The highest BCUT2D eigenvalue weighted by atomic mass is 16.6. The van der Waals surface area contributed by atoms with Crippen LogP contribution in [0.2, 0.25) is 0 Å². The Labute approximate surface area is 124 Å². The second-order valence-corrected chi connectivity index (χ2v) is 5.25. The zero-order chi connectivity index (χ0) is 15.2. The number of aromatic nitrogens is 1. The lowest BCUT2D eigenvalue weighted by molar-refractivity contribution is -0.386. The molecule has 7 heteroatoms. The van der Waals surface area contributed by atoms with Crippen molar-refractivity contribution in [3.8, 4) is 5.88 Å². The number of nitrogens with zero attached hydrogens (tertiary/aromatic N) is 3. The van der Waals surface area contributed by atoms with Crippen molar-refractivity contribution in [2.45, 2.75) is 32.2 Å². The number of ether oxygens (including phenoxy) is 1. The number of anilines is 1. The molecule has 1 saturated heterocycles. The molecule has 0 radical (unpaired) electrons. The molecule has 2 heterocycles. The number of hydrogen-bond donors (Lipinski definition) is 1. The molecule has 0 bridgehead atoms. The highest BCUT2D eigenvalue weighted by molar-refractivity contribution is 5.49. The monoisotopic (exact) mass is 294 g/mol. The number of piperidine rings is 1. The van der Waals surface area contributed by atoms with E-state index >= 15 is 0 Å². The van der Waals surface area contributed by atoms with Crippen molar-refractivity contribution in [1.82, 2.24) is 9.88 Å². The van der Waals surface area contributed by atoms with E-state index in [0.717, 1.165) is 13.0 Å². The van der Waals surface area contributed by atoms with Crippen molar-refractivity contribution in [2.75, 3.05) is 32.1 Å². The molecule has 7 nitrogen and oxygen atoms in total. The van der Waals surface area contributed by atoms with Crippen LogP contribution in [0.25, 0.3) is 0 Å². The van der Waals surface area contributed by atoms with Crippen molar-refractivity contribution in [3.63, 3.8) is 0 Å². The third-order valence-electron chi connectivity index (χ3n) is 3.73. The normalized spacial score (nSPS) is 19.2. The molecule has 0 saturated carbocycles. The Morgan fingerprint density at radius 3 is 3.00 bits per heavy atom. The summed E-state index contributed by atoms with van der Waals surface area (Å²) in [5, 5.41) is 14.1. The first-order chi connectivity index (χ1) is 10.1. The van der Waals surface area contributed by atoms with Crippen molar-refractivity contribution < 1.29 is 9.66 Å². The molecule has 21 heavy (non-hydrogen) atoms. The van der Waals surface area contributed by atoms with Gasteiger partial charge in [0.2, 0.25) is 0 Å². The number of nitro groups is 1. The van der Waals surface area contributed by atoms with Gasteiger partial charge in [0.1, 0.15) is 12.4 Å². The first-order valence-electron chi connectivity index (χ1n) is 7.34. The fourth-order valence-corrected chi connectivity index (χ4v) is 2.49. The number of pyridine rings is 1. The lowest BCUT2D eigenvalue weighted by Gasteiger charge is -2.31. The van der Waals surface area contributed by atoms with E-state index in [0.29, 0.717) is 25.0 Å². The number of likely N-dealkylation sites (tertiary alicyclic amines) is 1. The maximum atomic E-state index is 11.1. The summed E-state index contributed by atoms with van der Waals surface area (Å²) in [6.45, 7) is 4.12. The van der Waals surface area contributed by atoms with Crippen LogP contribution in [-0.2, 0) is 0 Å². The van der Waals surface area contributed by atoms with E-state index in [1.807, 2.05) is 6.92 Å². The quantitative estimate of drug-likeness (QED) is 0.640. The van der Waals surface area contributed by atoms with Crippen LogP contribution in [0.3, 0.4) is 0 Å².